The zero-order valence-electron chi connectivity index (χ0n) is 17.4. The molecule has 1 N–H and O–H groups in total. The van der Waals surface area contributed by atoms with E-state index in [-0.39, 0.29) is 12.1 Å². The first-order valence-electron chi connectivity index (χ1n) is 10.2. The molecule has 0 aliphatic carbocycles. The second-order valence-corrected chi connectivity index (χ2v) is 9.98. The normalized spacial score (nSPS) is 19.0. The highest BCUT2D eigenvalue weighted by Crippen LogP contribution is 2.51. The molecule has 8 heteroatoms. The van der Waals surface area contributed by atoms with E-state index < -0.39 is 0 Å². The molecule has 6 rings (SSSR count). The van der Waals surface area contributed by atoms with Crippen molar-refractivity contribution < 1.29 is 4.74 Å². The summed E-state index contributed by atoms with van der Waals surface area (Å²) in [6.07, 6.45) is 1.72. The summed E-state index contributed by atoms with van der Waals surface area (Å²) < 4.78 is 8.62. The van der Waals surface area contributed by atoms with Crippen molar-refractivity contribution in [1.82, 2.24) is 14.8 Å². The summed E-state index contributed by atoms with van der Waals surface area (Å²) in [5, 5.41) is 11.9. The minimum atomic E-state index is -0.269. The highest BCUT2D eigenvalue weighted by Gasteiger charge is 2.41. The monoisotopic (exact) mass is 478 g/mol. The Hall–Kier alpha value is -2.74. The van der Waals surface area contributed by atoms with Crippen LogP contribution in [0.1, 0.15) is 33.7 Å². The maximum absolute atomic E-state index is 6.64. The van der Waals surface area contributed by atoms with Crippen molar-refractivity contribution in [1.29, 1.82) is 0 Å². The lowest BCUT2D eigenvalue weighted by molar-refractivity contribution is 0.223. The molecule has 2 aliphatic rings. The Morgan fingerprint density at radius 2 is 2.00 bits per heavy atom. The van der Waals surface area contributed by atoms with Gasteiger partial charge in [-0.15, -0.1) is 16.4 Å². The fourth-order valence-electron chi connectivity index (χ4n) is 4.31. The van der Waals surface area contributed by atoms with E-state index >= 15 is 0 Å². The smallest absolute Gasteiger partial charge is 0.227 e. The molecule has 0 radical (unpaired) electrons. The number of rotatable bonds is 3. The van der Waals surface area contributed by atoms with Crippen molar-refractivity contribution in [2.24, 2.45) is 0 Å². The Bertz CT molecular complexity index is 1350. The predicted octanol–water partition coefficient (Wildman–Crippen LogP) is 6.58. The molecule has 2 atom stereocenters. The highest BCUT2D eigenvalue weighted by molar-refractivity contribution is 7.98. The maximum Gasteiger partial charge on any atom is 0.227 e. The molecule has 0 saturated heterocycles. The second-order valence-electron chi connectivity index (χ2n) is 7.79. The third-order valence-corrected chi connectivity index (χ3v) is 7.49. The van der Waals surface area contributed by atoms with Crippen molar-refractivity contribution in [3.05, 3.63) is 92.1 Å². The molecule has 0 saturated carbocycles. The summed E-state index contributed by atoms with van der Waals surface area (Å²) in [5.74, 6) is 1.52. The molecule has 0 spiro atoms. The van der Waals surface area contributed by atoms with E-state index in [0.717, 1.165) is 39.3 Å². The number of thioether (sulfide) groups is 1. The fraction of sp³-hybridized carbons (Fsp3) is 0.167. The lowest BCUT2D eigenvalue weighted by Gasteiger charge is -2.38. The van der Waals surface area contributed by atoms with E-state index in [4.69, 9.17) is 26.4 Å². The van der Waals surface area contributed by atoms with Crippen LogP contribution in [0.5, 0.6) is 5.75 Å². The van der Waals surface area contributed by atoms with E-state index in [9.17, 15) is 0 Å². The standard InChI is InChI=1S/C24H19ClN4OS2/c1-13-5-7-14(8-6-13)22-19-20(16-12-15(25)9-10-17(16)30-22)26-23-27-24(31-2)28-29(23)21(19)18-4-3-11-32-18/h3-12,21-22H,1-2H3,(H,26,27,28). The highest BCUT2D eigenvalue weighted by atomic mass is 35.5. The quantitative estimate of drug-likeness (QED) is 0.337. The van der Waals surface area contributed by atoms with Gasteiger partial charge in [0.25, 0.3) is 0 Å². The minimum absolute atomic E-state index is 0.131. The van der Waals surface area contributed by atoms with Crippen LogP contribution in [-0.4, -0.2) is 21.0 Å². The number of aryl methyl sites for hydroxylation is 1. The van der Waals surface area contributed by atoms with Crippen LogP contribution in [0.4, 0.5) is 5.95 Å². The first-order chi connectivity index (χ1) is 15.6. The van der Waals surface area contributed by atoms with Crippen molar-refractivity contribution in [2.75, 3.05) is 11.6 Å². The van der Waals surface area contributed by atoms with Crippen LogP contribution < -0.4 is 10.1 Å². The third kappa shape index (κ3) is 3.15. The molecule has 4 aromatic rings. The predicted molar refractivity (Wildman–Crippen MR) is 131 cm³/mol. The number of nitrogens with zero attached hydrogens (tertiary/aromatic N) is 3. The summed E-state index contributed by atoms with van der Waals surface area (Å²) >= 11 is 9.64. The van der Waals surface area contributed by atoms with Gasteiger partial charge in [0.05, 0.1) is 5.70 Å². The summed E-state index contributed by atoms with van der Waals surface area (Å²) in [5.41, 5.74) is 5.35. The molecular formula is C24H19ClN4OS2. The summed E-state index contributed by atoms with van der Waals surface area (Å²) in [6, 6.07) is 18.4. The Labute approximate surface area is 199 Å². The number of ether oxygens (including phenoxy) is 1. The van der Waals surface area contributed by atoms with Gasteiger partial charge in [-0.1, -0.05) is 59.3 Å². The third-order valence-electron chi connectivity index (χ3n) is 5.79. The van der Waals surface area contributed by atoms with Crippen LogP contribution >= 0.6 is 34.7 Å². The zero-order chi connectivity index (χ0) is 21.8. The molecule has 0 fully saturated rings. The van der Waals surface area contributed by atoms with E-state index in [1.54, 1.807) is 11.3 Å². The maximum atomic E-state index is 6.64. The van der Waals surface area contributed by atoms with Crippen molar-refractivity contribution in [3.63, 3.8) is 0 Å². The van der Waals surface area contributed by atoms with Gasteiger partial charge in [-0.3, -0.25) is 0 Å². The molecule has 2 aliphatic heterocycles. The van der Waals surface area contributed by atoms with Crippen molar-refractivity contribution >= 4 is 46.3 Å². The van der Waals surface area contributed by atoms with Crippen molar-refractivity contribution in [3.8, 4) is 5.75 Å². The number of anilines is 1. The second kappa shape index (κ2) is 7.69. The lowest BCUT2D eigenvalue weighted by atomic mass is 9.87. The molecule has 2 aromatic heterocycles. The van der Waals surface area contributed by atoms with Gasteiger partial charge in [-0.2, -0.15) is 4.98 Å². The molecule has 2 aromatic carbocycles. The number of thiophene rings is 1. The summed E-state index contributed by atoms with van der Waals surface area (Å²) in [7, 11) is 0. The molecule has 0 amide bonds. The number of halogens is 1. The summed E-state index contributed by atoms with van der Waals surface area (Å²) in [6.45, 7) is 2.09. The van der Waals surface area contributed by atoms with E-state index in [2.05, 4.69) is 54.0 Å². The molecule has 5 nitrogen and oxygen atoms in total. The van der Waals surface area contributed by atoms with Crippen LogP contribution in [0, 0.1) is 6.92 Å². The molecule has 0 bridgehead atoms. The average molecular weight is 479 g/mol. The van der Waals surface area contributed by atoms with Gasteiger partial charge >= 0.3 is 0 Å². The number of hydrogen-bond acceptors (Lipinski definition) is 6. The molecule has 4 heterocycles. The molecule has 32 heavy (non-hydrogen) atoms. The van der Waals surface area contributed by atoms with E-state index in [1.165, 1.54) is 22.2 Å². The SMILES string of the molecule is CSc1nc2n(n1)C(c1cccs1)C1=C(N2)c2cc(Cl)ccc2OC1c1ccc(C)cc1. The first-order valence-corrected chi connectivity index (χ1v) is 12.7. The van der Waals surface area contributed by atoms with E-state index in [1.807, 2.05) is 29.1 Å². The molecule has 160 valence electrons. The van der Waals surface area contributed by atoms with Gasteiger partial charge in [0, 0.05) is 21.0 Å². The van der Waals surface area contributed by atoms with Crippen LogP contribution in [-0.2, 0) is 0 Å². The van der Waals surface area contributed by atoms with Gasteiger partial charge in [0.15, 0.2) is 0 Å². The van der Waals surface area contributed by atoms with Gasteiger partial charge in [0.1, 0.15) is 17.9 Å². The number of fused-ring (bicyclic) bond motifs is 3. The number of nitrogens with one attached hydrogen (secondary N) is 1. The van der Waals surface area contributed by atoms with Crippen molar-refractivity contribution in [2.45, 2.75) is 24.2 Å². The van der Waals surface area contributed by atoms with Crippen LogP contribution in [0.3, 0.4) is 0 Å². The largest absolute Gasteiger partial charge is 0.480 e. The van der Waals surface area contributed by atoms with Gasteiger partial charge < -0.3 is 10.1 Å². The average Bonchev–Trinajstić information content (AvgIpc) is 3.47. The van der Waals surface area contributed by atoms with Crippen LogP contribution in [0.25, 0.3) is 5.70 Å². The van der Waals surface area contributed by atoms with Gasteiger partial charge in [0.2, 0.25) is 11.1 Å². The van der Waals surface area contributed by atoms with Crippen LogP contribution in [0.2, 0.25) is 5.02 Å². The Kier molecular flexibility index (Phi) is 4.78. The number of hydrogen-bond donors (Lipinski definition) is 1. The van der Waals surface area contributed by atoms with Gasteiger partial charge in [-0.25, -0.2) is 4.68 Å². The van der Waals surface area contributed by atoms with E-state index in [0.29, 0.717) is 5.02 Å². The molecular weight excluding hydrogens is 460 g/mol. The molecule has 2 unspecified atom stereocenters. The Morgan fingerprint density at radius 3 is 2.75 bits per heavy atom. The number of aromatic nitrogens is 3. The lowest BCUT2D eigenvalue weighted by Crippen LogP contribution is -2.32. The Morgan fingerprint density at radius 1 is 1.16 bits per heavy atom. The van der Waals surface area contributed by atoms with Crippen LogP contribution in [0.15, 0.2) is 70.7 Å². The summed E-state index contributed by atoms with van der Waals surface area (Å²) in [4.78, 5) is 5.91. The zero-order valence-corrected chi connectivity index (χ0v) is 19.8. The Balaban J connectivity index is 1.63. The minimum Gasteiger partial charge on any atom is -0.480 e. The topological polar surface area (TPSA) is 52.0 Å². The van der Waals surface area contributed by atoms with Gasteiger partial charge in [-0.05, 0) is 48.4 Å². The number of benzene rings is 2. The fourth-order valence-corrected chi connectivity index (χ4v) is 5.65. The first kappa shape index (κ1) is 19.9.